The Hall–Kier alpha value is -1.90. The van der Waals surface area contributed by atoms with Gasteiger partial charge in [-0.2, -0.15) is 5.21 Å². The number of esters is 1. The highest BCUT2D eigenvalue weighted by atomic mass is 35.5. The molecule has 33 heavy (non-hydrogen) atoms. The number of fused-ring (bicyclic) bond motifs is 1. The minimum Gasteiger partial charge on any atom is -0.464 e. The smallest absolute Gasteiger partial charge is 0.323 e. The summed E-state index contributed by atoms with van der Waals surface area (Å²) in [7, 11) is 0. The van der Waals surface area contributed by atoms with Crippen LogP contribution in [0.5, 0.6) is 0 Å². The van der Waals surface area contributed by atoms with Crippen molar-refractivity contribution in [1.82, 2.24) is 25.9 Å². The first-order chi connectivity index (χ1) is 15.2. The number of carbonyl (C=O) groups excluding carboxylic acids is 1. The predicted molar refractivity (Wildman–Crippen MR) is 134 cm³/mol. The molecule has 1 saturated heterocycles. The van der Waals surface area contributed by atoms with Crippen molar-refractivity contribution in [2.45, 2.75) is 64.5 Å². The van der Waals surface area contributed by atoms with E-state index >= 15 is 0 Å². The number of aromatic amines is 1. The van der Waals surface area contributed by atoms with Gasteiger partial charge in [-0.1, -0.05) is 38.8 Å². The zero-order chi connectivity index (χ0) is 21.6. The monoisotopic (exact) mass is 498 g/mol. The third-order valence-electron chi connectivity index (χ3n) is 7.08. The van der Waals surface area contributed by atoms with Crippen LogP contribution in [-0.2, 0) is 9.53 Å². The van der Waals surface area contributed by atoms with Gasteiger partial charge in [-0.15, -0.1) is 35.0 Å². The molecule has 4 rings (SSSR count). The number of halogens is 2. The SMILES string of the molecule is CCC(CC)COC(=O)[C@@H]1C[C@H]2C[C@@H](Nc3ccccc3-c3nn[nH]n3)CC[C@H]2CN1.Cl.Cl. The fraction of sp³-hybridized carbons (Fsp3) is 0.652. The number of tetrazole rings is 1. The molecule has 0 unspecified atom stereocenters. The summed E-state index contributed by atoms with van der Waals surface area (Å²) < 4.78 is 5.64. The topological polar surface area (TPSA) is 105 Å². The standard InChI is InChI=1S/C23H34N6O2.2ClH/c1-3-15(4-2)14-31-23(30)21-12-17-11-18(10-9-16(17)13-24-21)25-20-8-6-5-7-19(20)22-26-28-29-27-22;;/h5-8,15-18,21,24-25H,3-4,9-14H2,1-2H3,(H,26,27,28,29);2*1H/t16-,17+,18-,21-;;/m0../s1. The summed E-state index contributed by atoms with van der Waals surface area (Å²) in [4.78, 5) is 12.6. The van der Waals surface area contributed by atoms with E-state index in [1.54, 1.807) is 0 Å². The lowest BCUT2D eigenvalue weighted by Crippen LogP contribution is -2.51. The van der Waals surface area contributed by atoms with Crippen LogP contribution in [0.25, 0.3) is 11.4 Å². The predicted octanol–water partition coefficient (Wildman–Crippen LogP) is 4.25. The first-order valence-corrected chi connectivity index (χ1v) is 11.7. The van der Waals surface area contributed by atoms with Crippen LogP contribution in [0, 0.1) is 17.8 Å². The number of ether oxygens (including phenoxy) is 1. The molecular weight excluding hydrogens is 463 g/mol. The Balaban J connectivity index is 0.00000193. The molecule has 2 aromatic rings. The second-order valence-electron chi connectivity index (χ2n) is 8.96. The van der Waals surface area contributed by atoms with Gasteiger partial charge in [0.1, 0.15) is 6.04 Å². The number of carbonyl (C=O) groups is 1. The first-order valence-electron chi connectivity index (χ1n) is 11.7. The maximum Gasteiger partial charge on any atom is 0.323 e. The van der Waals surface area contributed by atoms with Crippen LogP contribution in [0.2, 0.25) is 0 Å². The fourth-order valence-corrected chi connectivity index (χ4v) is 5.00. The van der Waals surface area contributed by atoms with E-state index < -0.39 is 0 Å². The van der Waals surface area contributed by atoms with Crippen molar-refractivity contribution < 1.29 is 9.53 Å². The molecule has 8 nitrogen and oxygen atoms in total. The molecule has 0 amide bonds. The van der Waals surface area contributed by atoms with Gasteiger partial charge in [-0.3, -0.25) is 4.79 Å². The van der Waals surface area contributed by atoms with Gasteiger partial charge in [0, 0.05) is 17.3 Å². The maximum atomic E-state index is 12.6. The molecule has 0 bridgehead atoms. The minimum atomic E-state index is -0.180. The van der Waals surface area contributed by atoms with E-state index in [-0.39, 0.29) is 36.8 Å². The Labute approximate surface area is 208 Å². The van der Waals surface area contributed by atoms with Gasteiger partial charge in [0.2, 0.25) is 5.82 Å². The Morgan fingerprint density at radius 1 is 1.15 bits per heavy atom. The molecule has 3 N–H and O–H groups in total. The molecule has 10 heteroatoms. The van der Waals surface area contributed by atoms with Crippen molar-refractivity contribution in [2.75, 3.05) is 18.5 Å². The lowest BCUT2D eigenvalue weighted by atomic mass is 9.72. The molecule has 1 saturated carbocycles. The molecule has 0 radical (unpaired) electrons. The summed E-state index contributed by atoms with van der Waals surface area (Å²) in [5, 5.41) is 21.6. The van der Waals surface area contributed by atoms with Crippen LogP contribution in [0.1, 0.15) is 52.4 Å². The van der Waals surface area contributed by atoms with Gasteiger partial charge in [-0.05, 0) is 67.3 Å². The van der Waals surface area contributed by atoms with Crippen molar-refractivity contribution in [3.63, 3.8) is 0 Å². The second-order valence-corrected chi connectivity index (χ2v) is 8.96. The number of aromatic nitrogens is 4. The lowest BCUT2D eigenvalue weighted by molar-refractivity contribution is -0.149. The zero-order valence-electron chi connectivity index (χ0n) is 19.3. The Bertz CT molecular complexity index is 849. The van der Waals surface area contributed by atoms with E-state index in [2.05, 4.69) is 51.2 Å². The lowest BCUT2D eigenvalue weighted by Gasteiger charge is -2.42. The molecular formula is C23H36Cl2N6O2. The zero-order valence-corrected chi connectivity index (χ0v) is 21.0. The van der Waals surface area contributed by atoms with E-state index in [1.165, 1.54) is 0 Å². The summed E-state index contributed by atoms with van der Waals surface area (Å²) in [6.45, 7) is 5.74. The molecule has 1 aromatic carbocycles. The van der Waals surface area contributed by atoms with Crippen molar-refractivity contribution in [3.05, 3.63) is 24.3 Å². The van der Waals surface area contributed by atoms with E-state index in [4.69, 9.17) is 4.74 Å². The fourth-order valence-electron chi connectivity index (χ4n) is 5.00. The van der Waals surface area contributed by atoms with Gasteiger partial charge in [0.05, 0.1) is 6.61 Å². The number of hydrogen-bond acceptors (Lipinski definition) is 7. The summed E-state index contributed by atoms with van der Waals surface area (Å²) >= 11 is 0. The Kier molecular flexibility index (Phi) is 10.9. The molecule has 2 fully saturated rings. The van der Waals surface area contributed by atoms with E-state index in [0.717, 1.165) is 56.3 Å². The van der Waals surface area contributed by atoms with Crippen molar-refractivity contribution in [1.29, 1.82) is 0 Å². The van der Waals surface area contributed by atoms with Crippen LogP contribution in [-0.4, -0.2) is 51.8 Å². The van der Waals surface area contributed by atoms with Crippen LogP contribution < -0.4 is 10.6 Å². The van der Waals surface area contributed by atoms with Gasteiger partial charge >= 0.3 is 5.97 Å². The third-order valence-corrected chi connectivity index (χ3v) is 7.08. The summed E-state index contributed by atoms with van der Waals surface area (Å²) in [5.74, 6) is 2.13. The third kappa shape index (κ3) is 6.80. The maximum absolute atomic E-state index is 12.6. The number of hydrogen-bond donors (Lipinski definition) is 3. The van der Waals surface area contributed by atoms with Gasteiger partial charge in [0.15, 0.2) is 0 Å². The van der Waals surface area contributed by atoms with Crippen molar-refractivity contribution in [3.8, 4) is 11.4 Å². The summed E-state index contributed by atoms with van der Waals surface area (Å²) in [5.41, 5.74) is 1.98. The molecule has 4 atom stereocenters. The molecule has 0 spiro atoms. The number of anilines is 1. The van der Waals surface area contributed by atoms with Crippen molar-refractivity contribution in [2.24, 2.45) is 17.8 Å². The Morgan fingerprint density at radius 2 is 1.94 bits per heavy atom. The highest BCUT2D eigenvalue weighted by Gasteiger charge is 2.38. The van der Waals surface area contributed by atoms with Gasteiger partial charge in [0.25, 0.3) is 0 Å². The van der Waals surface area contributed by atoms with E-state index in [0.29, 0.717) is 36.2 Å². The number of nitrogens with zero attached hydrogens (tertiary/aromatic N) is 3. The quantitative estimate of drug-likeness (QED) is 0.467. The number of nitrogens with one attached hydrogen (secondary N) is 3. The minimum absolute atomic E-state index is 0. The number of rotatable bonds is 8. The molecule has 2 aliphatic rings. The highest BCUT2D eigenvalue weighted by molar-refractivity contribution is 5.85. The van der Waals surface area contributed by atoms with Gasteiger partial charge < -0.3 is 15.4 Å². The van der Waals surface area contributed by atoms with Gasteiger partial charge in [-0.25, -0.2) is 0 Å². The molecule has 1 aliphatic heterocycles. The van der Waals surface area contributed by atoms with E-state index in [1.807, 2.05) is 18.2 Å². The molecule has 2 heterocycles. The van der Waals surface area contributed by atoms with Crippen LogP contribution in [0.3, 0.4) is 0 Å². The average Bonchev–Trinajstić information content (AvgIpc) is 3.34. The number of piperidine rings is 1. The normalized spacial score (nSPS) is 24.2. The van der Waals surface area contributed by atoms with Crippen LogP contribution in [0.15, 0.2) is 24.3 Å². The molecule has 1 aliphatic carbocycles. The molecule has 184 valence electrons. The van der Waals surface area contributed by atoms with Crippen molar-refractivity contribution >= 4 is 36.5 Å². The summed E-state index contributed by atoms with van der Waals surface area (Å²) in [6, 6.07) is 8.27. The van der Waals surface area contributed by atoms with Crippen LogP contribution in [0.4, 0.5) is 5.69 Å². The first kappa shape index (κ1) is 27.3. The number of benzene rings is 1. The largest absolute Gasteiger partial charge is 0.464 e. The number of H-pyrrole nitrogens is 1. The number of para-hydroxylation sites is 1. The second kappa shape index (κ2) is 13.1. The Morgan fingerprint density at radius 3 is 2.67 bits per heavy atom. The van der Waals surface area contributed by atoms with Crippen LogP contribution >= 0.6 is 24.8 Å². The highest BCUT2D eigenvalue weighted by Crippen LogP contribution is 2.38. The average molecular weight is 499 g/mol. The van der Waals surface area contributed by atoms with E-state index in [9.17, 15) is 4.79 Å². The molecule has 1 aromatic heterocycles. The summed E-state index contributed by atoms with van der Waals surface area (Å²) in [6.07, 6.45) is 6.29.